The van der Waals surface area contributed by atoms with Crippen LogP contribution in [0.15, 0.2) is 77.2 Å². The van der Waals surface area contributed by atoms with Crippen LogP contribution in [0.3, 0.4) is 0 Å². The van der Waals surface area contributed by atoms with Gasteiger partial charge in [-0.15, -0.1) is 11.3 Å². The molecule has 2 aromatic carbocycles. The summed E-state index contributed by atoms with van der Waals surface area (Å²) in [6, 6.07) is 21.1. The van der Waals surface area contributed by atoms with Crippen molar-refractivity contribution in [1.82, 2.24) is 20.0 Å². The standard InChI is InChI=1S/C23H18N6OS/c24-21-19(23(30)25-14-16-9-6-12-31-16)20-22(28-18-11-5-4-10-17(18)27-20)29(21)26-13-15-7-2-1-3-8-15/h1-13H,14,24H2,(H,25,30). The van der Waals surface area contributed by atoms with E-state index >= 15 is 0 Å². The van der Waals surface area contributed by atoms with Crippen molar-refractivity contribution in [2.75, 3.05) is 5.73 Å². The van der Waals surface area contributed by atoms with E-state index in [2.05, 4.69) is 15.4 Å². The van der Waals surface area contributed by atoms with Crippen LogP contribution in [0.2, 0.25) is 0 Å². The highest BCUT2D eigenvalue weighted by Crippen LogP contribution is 2.28. The number of nitrogens with one attached hydrogen (secondary N) is 1. The Hall–Kier alpha value is -4.04. The Labute approximate surface area is 181 Å². The van der Waals surface area contributed by atoms with Crippen molar-refractivity contribution in [3.05, 3.63) is 88.1 Å². The van der Waals surface area contributed by atoms with Crippen molar-refractivity contribution in [3.63, 3.8) is 0 Å². The number of para-hydroxylation sites is 2. The van der Waals surface area contributed by atoms with Gasteiger partial charge in [0.1, 0.15) is 16.9 Å². The number of nitrogens with zero attached hydrogens (tertiary/aromatic N) is 4. The number of thiophene rings is 1. The number of hydrogen-bond acceptors (Lipinski definition) is 6. The summed E-state index contributed by atoms with van der Waals surface area (Å²) in [5.74, 6) is -0.115. The number of nitrogens with two attached hydrogens (primary N) is 1. The molecule has 7 nitrogen and oxygen atoms in total. The van der Waals surface area contributed by atoms with E-state index < -0.39 is 0 Å². The predicted molar refractivity (Wildman–Crippen MR) is 124 cm³/mol. The van der Waals surface area contributed by atoms with Crippen molar-refractivity contribution < 1.29 is 4.79 Å². The molecule has 0 unspecified atom stereocenters. The van der Waals surface area contributed by atoms with Gasteiger partial charge in [-0.05, 0) is 29.1 Å². The summed E-state index contributed by atoms with van der Waals surface area (Å²) < 4.78 is 1.47. The van der Waals surface area contributed by atoms with E-state index in [0.29, 0.717) is 28.7 Å². The summed E-state index contributed by atoms with van der Waals surface area (Å²) in [5.41, 5.74) is 9.83. The SMILES string of the molecule is Nc1c(C(=O)NCc2cccs2)c2nc3ccccc3nc2n1N=Cc1ccccc1. The number of aromatic nitrogens is 3. The third-order valence-electron chi connectivity index (χ3n) is 4.83. The molecular formula is C23H18N6OS. The van der Waals surface area contributed by atoms with Crippen molar-refractivity contribution in [2.45, 2.75) is 6.54 Å². The number of benzene rings is 2. The Balaban J connectivity index is 1.63. The van der Waals surface area contributed by atoms with Gasteiger partial charge < -0.3 is 11.1 Å². The monoisotopic (exact) mass is 426 g/mol. The third kappa shape index (κ3) is 3.64. The van der Waals surface area contributed by atoms with Crippen LogP contribution in [-0.4, -0.2) is 26.8 Å². The minimum atomic E-state index is -0.311. The lowest BCUT2D eigenvalue weighted by Crippen LogP contribution is -2.23. The van der Waals surface area contributed by atoms with Crippen LogP contribution >= 0.6 is 11.3 Å². The highest BCUT2D eigenvalue weighted by atomic mass is 32.1. The third-order valence-corrected chi connectivity index (χ3v) is 5.70. The van der Waals surface area contributed by atoms with Crippen LogP contribution in [0, 0.1) is 0 Å². The van der Waals surface area contributed by atoms with Gasteiger partial charge in [0, 0.05) is 4.88 Å². The van der Waals surface area contributed by atoms with E-state index in [1.807, 2.05) is 72.1 Å². The lowest BCUT2D eigenvalue weighted by atomic mass is 10.2. The van der Waals surface area contributed by atoms with Crippen molar-refractivity contribution in [1.29, 1.82) is 0 Å². The minimum absolute atomic E-state index is 0.196. The summed E-state index contributed by atoms with van der Waals surface area (Å²) in [7, 11) is 0. The Bertz CT molecular complexity index is 1410. The van der Waals surface area contributed by atoms with Crippen LogP contribution < -0.4 is 11.1 Å². The molecule has 0 aliphatic heterocycles. The highest BCUT2D eigenvalue weighted by Gasteiger charge is 2.24. The number of rotatable bonds is 5. The van der Waals surface area contributed by atoms with Crippen LogP contribution in [0.25, 0.3) is 22.2 Å². The second-order valence-electron chi connectivity index (χ2n) is 6.87. The van der Waals surface area contributed by atoms with Gasteiger partial charge in [-0.25, -0.2) is 9.97 Å². The average molecular weight is 427 g/mol. The second kappa shape index (κ2) is 8.00. The lowest BCUT2D eigenvalue weighted by molar-refractivity contribution is 0.0953. The number of carbonyl (C=O) groups excluding carboxylic acids is 1. The molecule has 0 spiro atoms. The zero-order chi connectivity index (χ0) is 21.2. The van der Waals surface area contributed by atoms with E-state index in [0.717, 1.165) is 10.4 Å². The largest absolute Gasteiger partial charge is 0.383 e. The maximum atomic E-state index is 13.1. The van der Waals surface area contributed by atoms with E-state index in [4.69, 9.17) is 10.7 Å². The molecule has 8 heteroatoms. The maximum absolute atomic E-state index is 13.1. The molecule has 3 N–H and O–H groups in total. The number of amides is 1. The van der Waals surface area contributed by atoms with E-state index in [1.54, 1.807) is 17.6 Å². The van der Waals surface area contributed by atoms with Crippen molar-refractivity contribution >= 4 is 51.5 Å². The number of nitrogen functional groups attached to an aromatic ring is 1. The Morgan fingerprint density at radius 1 is 1.03 bits per heavy atom. The van der Waals surface area contributed by atoms with Crippen molar-refractivity contribution in [2.24, 2.45) is 5.10 Å². The summed E-state index contributed by atoms with van der Waals surface area (Å²) in [6.45, 7) is 0.414. The first-order valence-corrected chi connectivity index (χ1v) is 10.6. The fourth-order valence-corrected chi connectivity index (χ4v) is 3.97. The molecule has 1 amide bonds. The molecule has 5 aromatic rings. The van der Waals surface area contributed by atoms with E-state index in [9.17, 15) is 4.79 Å². The molecule has 0 bridgehead atoms. The number of hydrogen-bond donors (Lipinski definition) is 2. The second-order valence-corrected chi connectivity index (χ2v) is 7.91. The zero-order valence-corrected chi connectivity index (χ0v) is 17.2. The van der Waals surface area contributed by atoms with Crippen LogP contribution in [0.5, 0.6) is 0 Å². The number of fused-ring (bicyclic) bond motifs is 2. The molecule has 0 saturated heterocycles. The van der Waals surface area contributed by atoms with Gasteiger partial charge in [0.05, 0.1) is 23.8 Å². The fraction of sp³-hybridized carbons (Fsp3) is 0.0435. The minimum Gasteiger partial charge on any atom is -0.383 e. The van der Waals surface area contributed by atoms with Crippen LogP contribution in [0.1, 0.15) is 20.8 Å². The molecule has 0 atom stereocenters. The molecule has 0 aliphatic carbocycles. The molecular weight excluding hydrogens is 408 g/mol. The maximum Gasteiger partial charge on any atom is 0.257 e. The van der Waals surface area contributed by atoms with Gasteiger partial charge in [0.2, 0.25) is 0 Å². The average Bonchev–Trinajstić information content (AvgIpc) is 3.41. The normalized spacial score (nSPS) is 11.5. The lowest BCUT2D eigenvalue weighted by Gasteiger charge is -2.04. The Morgan fingerprint density at radius 3 is 2.52 bits per heavy atom. The summed E-state index contributed by atoms with van der Waals surface area (Å²) in [5, 5.41) is 9.41. The Kier molecular flexibility index (Phi) is 4.89. The summed E-state index contributed by atoms with van der Waals surface area (Å²) in [6.07, 6.45) is 1.68. The predicted octanol–water partition coefficient (Wildman–Crippen LogP) is 4.04. The molecule has 0 aliphatic rings. The van der Waals surface area contributed by atoms with Gasteiger partial charge in [0.25, 0.3) is 5.91 Å². The van der Waals surface area contributed by atoms with Gasteiger partial charge in [-0.1, -0.05) is 48.5 Å². The molecule has 0 radical (unpaired) electrons. The van der Waals surface area contributed by atoms with Gasteiger partial charge in [0.15, 0.2) is 5.65 Å². The van der Waals surface area contributed by atoms with Crippen molar-refractivity contribution in [3.8, 4) is 0 Å². The first kappa shape index (κ1) is 19.0. The van der Waals surface area contributed by atoms with E-state index in [1.165, 1.54) is 4.68 Å². The molecule has 5 rings (SSSR count). The molecule has 31 heavy (non-hydrogen) atoms. The van der Waals surface area contributed by atoms with Crippen LogP contribution in [0.4, 0.5) is 5.82 Å². The van der Waals surface area contributed by atoms with Gasteiger partial charge in [-0.3, -0.25) is 4.79 Å². The summed E-state index contributed by atoms with van der Waals surface area (Å²) in [4.78, 5) is 23.5. The van der Waals surface area contributed by atoms with Crippen LogP contribution in [-0.2, 0) is 6.54 Å². The number of anilines is 1. The smallest absolute Gasteiger partial charge is 0.257 e. The quantitative estimate of drug-likeness (QED) is 0.414. The van der Waals surface area contributed by atoms with E-state index in [-0.39, 0.29) is 17.3 Å². The topological polar surface area (TPSA) is 98.2 Å². The fourth-order valence-electron chi connectivity index (χ4n) is 3.32. The van der Waals surface area contributed by atoms with Gasteiger partial charge in [-0.2, -0.15) is 9.78 Å². The number of carbonyl (C=O) groups is 1. The first-order chi connectivity index (χ1) is 15.2. The highest BCUT2D eigenvalue weighted by molar-refractivity contribution is 7.09. The van der Waals surface area contributed by atoms with Gasteiger partial charge >= 0.3 is 0 Å². The first-order valence-electron chi connectivity index (χ1n) is 9.67. The summed E-state index contributed by atoms with van der Waals surface area (Å²) >= 11 is 1.58. The zero-order valence-electron chi connectivity index (χ0n) is 16.4. The molecule has 152 valence electrons. The Morgan fingerprint density at radius 2 is 1.77 bits per heavy atom. The molecule has 3 heterocycles. The molecule has 0 saturated carbocycles. The molecule has 0 fully saturated rings. The molecule has 3 aromatic heterocycles.